The van der Waals surface area contributed by atoms with Crippen molar-refractivity contribution in [3.8, 4) is 12.1 Å². The maximum absolute atomic E-state index is 8.70. The second kappa shape index (κ2) is 5.38. The topological polar surface area (TPSA) is 112 Å². The Morgan fingerprint density at radius 3 is 2.93 bits per heavy atom. The lowest BCUT2D eigenvalue weighted by Gasteiger charge is -2.16. The van der Waals surface area contributed by atoms with Gasteiger partial charge in [-0.15, -0.1) is 0 Å². The first-order valence-electron chi connectivity index (χ1n) is 4.37. The smallest absolute Gasteiger partial charge is 0.169 e. The fraction of sp³-hybridized carbons (Fsp3) is 0.500. The summed E-state index contributed by atoms with van der Waals surface area (Å²) in [5.74, 6) is 0.535. The van der Waals surface area contributed by atoms with Crippen LogP contribution in [0.1, 0.15) is 0 Å². The molecule has 1 heterocycles. The normalized spacial score (nSPS) is 13.5. The third-order valence-electron chi connectivity index (χ3n) is 1.98. The Kier molecular flexibility index (Phi) is 3.84. The number of nitriles is 2. The SMILES string of the molecule is N#CC(C#N)=C1NCCN1CCN=[N+]=[N-]. The van der Waals surface area contributed by atoms with Gasteiger partial charge in [0.15, 0.2) is 5.57 Å². The quantitative estimate of drug-likeness (QED) is 0.310. The summed E-state index contributed by atoms with van der Waals surface area (Å²) in [6.07, 6.45) is 0. The first-order chi connectivity index (χ1) is 7.33. The lowest BCUT2D eigenvalue weighted by molar-refractivity contribution is 0.404. The van der Waals surface area contributed by atoms with E-state index in [1.807, 2.05) is 17.0 Å². The maximum Gasteiger partial charge on any atom is 0.169 e. The largest absolute Gasteiger partial charge is 0.368 e. The molecule has 7 heteroatoms. The molecular weight excluding hydrogens is 194 g/mol. The molecule has 1 rings (SSSR count). The molecule has 7 nitrogen and oxygen atoms in total. The fourth-order valence-electron chi connectivity index (χ4n) is 1.34. The van der Waals surface area contributed by atoms with Crippen molar-refractivity contribution < 1.29 is 0 Å². The molecule has 0 spiro atoms. The Bertz CT molecular complexity index is 374. The predicted molar refractivity (Wildman–Crippen MR) is 51.8 cm³/mol. The van der Waals surface area contributed by atoms with Crippen molar-refractivity contribution in [2.75, 3.05) is 26.2 Å². The monoisotopic (exact) mass is 203 g/mol. The highest BCUT2D eigenvalue weighted by atomic mass is 15.3. The second-order valence-electron chi connectivity index (χ2n) is 2.82. The Morgan fingerprint density at radius 2 is 2.33 bits per heavy atom. The third kappa shape index (κ3) is 2.53. The van der Waals surface area contributed by atoms with Crippen molar-refractivity contribution >= 4 is 0 Å². The molecule has 0 aromatic carbocycles. The summed E-state index contributed by atoms with van der Waals surface area (Å²) in [7, 11) is 0. The molecule has 1 fully saturated rings. The molecule has 0 unspecified atom stereocenters. The molecule has 15 heavy (non-hydrogen) atoms. The van der Waals surface area contributed by atoms with Crippen molar-refractivity contribution in [2.24, 2.45) is 5.11 Å². The number of azide groups is 1. The molecule has 0 atom stereocenters. The van der Waals surface area contributed by atoms with Crippen LogP contribution in [-0.4, -0.2) is 31.1 Å². The van der Waals surface area contributed by atoms with E-state index in [-0.39, 0.29) is 5.57 Å². The van der Waals surface area contributed by atoms with Gasteiger partial charge >= 0.3 is 0 Å². The van der Waals surface area contributed by atoms with Crippen LogP contribution in [0.5, 0.6) is 0 Å². The summed E-state index contributed by atoms with van der Waals surface area (Å²) >= 11 is 0. The number of allylic oxidation sites excluding steroid dienone is 1. The van der Waals surface area contributed by atoms with E-state index in [2.05, 4.69) is 15.3 Å². The standard InChI is InChI=1S/C8H9N7/c9-5-7(6-10)8-12-1-3-15(8)4-2-13-14-11/h12H,1-4H2. The van der Waals surface area contributed by atoms with Gasteiger partial charge in [-0.3, -0.25) is 0 Å². The van der Waals surface area contributed by atoms with Crippen LogP contribution < -0.4 is 5.32 Å². The Hall–Kier alpha value is -2.37. The van der Waals surface area contributed by atoms with Crippen LogP contribution >= 0.6 is 0 Å². The molecule has 76 valence electrons. The number of rotatable bonds is 3. The minimum absolute atomic E-state index is 0.0634. The van der Waals surface area contributed by atoms with Crippen LogP contribution in [0.3, 0.4) is 0 Å². The molecule has 0 saturated carbocycles. The molecule has 0 amide bonds. The summed E-state index contributed by atoms with van der Waals surface area (Å²) in [6, 6.07) is 3.65. The highest BCUT2D eigenvalue weighted by Gasteiger charge is 2.19. The van der Waals surface area contributed by atoms with E-state index in [1.165, 1.54) is 0 Å². The zero-order valence-corrected chi connectivity index (χ0v) is 8.01. The van der Waals surface area contributed by atoms with Gasteiger partial charge in [0.05, 0.1) is 0 Å². The van der Waals surface area contributed by atoms with E-state index in [9.17, 15) is 0 Å². The van der Waals surface area contributed by atoms with E-state index in [0.29, 0.717) is 32.0 Å². The maximum atomic E-state index is 8.70. The average molecular weight is 203 g/mol. The summed E-state index contributed by atoms with van der Waals surface area (Å²) in [6.45, 7) is 2.24. The number of nitrogens with zero attached hydrogens (tertiary/aromatic N) is 6. The van der Waals surface area contributed by atoms with Gasteiger partial charge in [0.2, 0.25) is 0 Å². The van der Waals surface area contributed by atoms with Gasteiger partial charge in [-0.2, -0.15) is 10.5 Å². The zero-order chi connectivity index (χ0) is 11.1. The number of hydrogen-bond donors (Lipinski definition) is 1. The van der Waals surface area contributed by atoms with Gasteiger partial charge in [0, 0.05) is 31.1 Å². The first kappa shape index (κ1) is 10.7. The van der Waals surface area contributed by atoms with Gasteiger partial charge in [0.25, 0.3) is 0 Å². The van der Waals surface area contributed by atoms with Crippen molar-refractivity contribution in [1.29, 1.82) is 10.5 Å². The number of hydrogen-bond acceptors (Lipinski definition) is 5. The number of nitrogens with one attached hydrogen (secondary N) is 1. The van der Waals surface area contributed by atoms with Gasteiger partial charge in [-0.1, -0.05) is 5.11 Å². The van der Waals surface area contributed by atoms with E-state index in [1.54, 1.807) is 0 Å². The predicted octanol–water partition coefficient (Wildman–Crippen LogP) is 0.461. The van der Waals surface area contributed by atoms with Crippen LogP contribution in [0.25, 0.3) is 10.4 Å². The highest BCUT2D eigenvalue weighted by molar-refractivity contribution is 5.39. The highest BCUT2D eigenvalue weighted by Crippen LogP contribution is 2.11. The van der Waals surface area contributed by atoms with Gasteiger partial charge in [-0.25, -0.2) is 0 Å². The van der Waals surface area contributed by atoms with Crippen LogP contribution in [0.4, 0.5) is 0 Å². The average Bonchev–Trinajstić information content (AvgIpc) is 2.69. The minimum Gasteiger partial charge on any atom is -0.368 e. The summed E-state index contributed by atoms with van der Waals surface area (Å²) < 4.78 is 0. The van der Waals surface area contributed by atoms with E-state index in [0.717, 1.165) is 0 Å². The van der Waals surface area contributed by atoms with E-state index < -0.39 is 0 Å². The molecule has 0 aromatic rings. The molecule has 1 aliphatic heterocycles. The second-order valence-corrected chi connectivity index (χ2v) is 2.82. The van der Waals surface area contributed by atoms with Crippen LogP contribution in [-0.2, 0) is 0 Å². The van der Waals surface area contributed by atoms with Crippen molar-refractivity contribution in [3.63, 3.8) is 0 Å². The molecule has 1 aliphatic rings. The van der Waals surface area contributed by atoms with Crippen molar-refractivity contribution in [2.45, 2.75) is 0 Å². The molecule has 1 N–H and O–H groups in total. The molecular formula is C8H9N7. The Balaban J connectivity index is 2.74. The lowest BCUT2D eigenvalue weighted by atomic mass is 10.3. The Morgan fingerprint density at radius 1 is 1.60 bits per heavy atom. The molecule has 0 radical (unpaired) electrons. The third-order valence-corrected chi connectivity index (χ3v) is 1.98. The van der Waals surface area contributed by atoms with E-state index in [4.69, 9.17) is 16.1 Å². The van der Waals surface area contributed by atoms with E-state index >= 15 is 0 Å². The van der Waals surface area contributed by atoms with Crippen LogP contribution in [0, 0.1) is 22.7 Å². The molecule has 1 saturated heterocycles. The molecule has 0 aromatic heterocycles. The first-order valence-corrected chi connectivity index (χ1v) is 4.37. The van der Waals surface area contributed by atoms with Crippen LogP contribution in [0.2, 0.25) is 0 Å². The molecule has 0 bridgehead atoms. The van der Waals surface area contributed by atoms with Crippen LogP contribution in [0.15, 0.2) is 16.5 Å². The van der Waals surface area contributed by atoms with Crippen molar-refractivity contribution in [3.05, 3.63) is 21.8 Å². The summed E-state index contributed by atoms with van der Waals surface area (Å²) in [5.41, 5.74) is 8.18. The lowest BCUT2D eigenvalue weighted by Crippen LogP contribution is -2.24. The fourth-order valence-corrected chi connectivity index (χ4v) is 1.34. The molecule has 0 aliphatic carbocycles. The van der Waals surface area contributed by atoms with Gasteiger partial charge in [-0.05, 0) is 5.53 Å². The van der Waals surface area contributed by atoms with Gasteiger partial charge < -0.3 is 10.2 Å². The summed E-state index contributed by atoms with van der Waals surface area (Å²) in [4.78, 5) is 4.47. The summed E-state index contributed by atoms with van der Waals surface area (Å²) in [5, 5.41) is 23.8. The zero-order valence-electron chi connectivity index (χ0n) is 8.01. The van der Waals surface area contributed by atoms with Crippen molar-refractivity contribution in [1.82, 2.24) is 10.2 Å². The van der Waals surface area contributed by atoms with Gasteiger partial charge in [0.1, 0.15) is 18.0 Å². The minimum atomic E-state index is 0.0634. The Labute approximate surface area is 86.8 Å².